The van der Waals surface area contributed by atoms with E-state index >= 15 is 0 Å². The van der Waals surface area contributed by atoms with Crippen LogP contribution in [0.25, 0.3) is 83.4 Å². The molecule has 0 fully saturated rings. The molecule has 0 amide bonds. The molecule has 342 valence electrons. The van der Waals surface area contributed by atoms with E-state index in [9.17, 15) is 0 Å². The first-order valence-electron chi connectivity index (χ1n) is 23.6. The average molecular weight is 1080 g/mol. The van der Waals surface area contributed by atoms with Crippen molar-refractivity contribution in [3.8, 4) is 62.1 Å². The summed E-state index contributed by atoms with van der Waals surface area (Å²) in [6.45, 7) is 13.7. The molecule has 0 aliphatic carbocycles. The summed E-state index contributed by atoms with van der Waals surface area (Å²) < 4.78 is 13.3. The molecule has 3 aromatic heterocycles. The first-order valence-corrected chi connectivity index (χ1v) is 23.6. The Hall–Kier alpha value is -7.33. The number of fused-ring (bicyclic) bond motifs is 4. The summed E-state index contributed by atoms with van der Waals surface area (Å²) in [4.78, 5) is 5.21. The van der Waals surface area contributed by atoms with Gasteiger partial charge in [0.25, 0.3) is 6.33 Å². The van der Waals surface area contributed by atoms with Crippen LogP contribution in [0.3, 0.4) is 0 Å². The Morgan fingerprint density at radius 3 is 1.83 bits per heavy atom. The van der Waals surface area contributed by atoms with Crippen molar-refractivity contribution < 1.29 is 30.4 Å². The predicted molar refractivity (Wildman–Crippen MR) is 278 cm³/mol. The molecule has 6 heteroatoms. The van der Waals surface area contributed by atoms with E-state index in [-0.39, 0.29) is 26.5 Å². The summed E-state index contributed by atoms with van der Waals surface area (Å²) in [5.41, 5.74) is 15.2. The van der Waals surface area contributed by atoms with E-state index < -0.39 is 0 Å². The molecule has 11 rings (SSSR count). The maximum absolute atomic E-state index is 6.76. The average Bonchev–Trinajstić information content (AvgIpc) is 3.92. The van der Waals surface area contributed by atoms with Gasteiger partial charge in [0.15, 0.2) is 0 Å². The Labute approximate surface area is 419 Å². The van der Waals surface area contributed by atoms with Gasteiger partial charge in [0.05, 0.1) is 16.7 Å². The molecule has 0 spiro atoms. The monoisotopic (exact) mass is 1080 g/mol. The van der Waals surface area contributed by atoms with Crippen LogP contribution in [0, 0.1) is 24.4 Å². The molecular formula is C63H52N4OPt-2. The van der Waals surface area contributed by atoms with Crippen molar-refractivity contribution in [2.45, 2.75) is 52.9 Å². The fourth-order valence-corrected chi connectivity index (χ4v) is 9.50. The predicted octanol–water partition coefficient (Wildman–Crippen LogP) is 15.6. The number of pyridine rings is 1. The summed E-state index contributed by atoms with van der Waals surface area (Å²) >= 11 is 0. The molecule has 8 aromatic carbocycles. The molecule has 0 aliphatic heterocycles. The van der Waals surface area contributed by atoms with Gasteiger partial charge in [-0.15, -0.1) is 29.7 Å². The molecule has 0 saturated heterocycles. The van der Waals surface area contributed by atoms with Crippen LogP contribution in [-0.2, 0) is 26.5 Å². The van der Waals surface area contributed by atoms with Gasteiger partial charge in [-0.25, -0.2) is 4.98 Å². The third kappa shape index (κ3) is 8.51. The third-order valence-corrected chi connectivity index (χ3v) is 13.4. The first-order chi connectivity index (χ1) is 33.1. The van der Waals surface area contributed by atoms with Crippen LogP contribution in [0.15, 0.2) is 194 Å². The van der Waals surface area contributed by atoms with Gasteiger partial charge in [-0.05, 0) is 79.4 Å². The van der Waals surface area contributed by atoms with Crippen molar-refractivity contribution in [3.63, 3.8) is 0 Å². The molecule has 69 heavy (non-hydrogen) atoms. The van der Waals surface area contributed by atoms with E-state index in [2.05, 4.69) is 250 Å². The second kappa shape index (κ2) is 18.6. The zero-order chi connectivity index (χ0) is 46.5. The Morgan fingerprint density at radius 1 is 0.565 bits per heavy atom. The molecule has 0 radical (unpaired) electrons. The summed E-state index contributed by atoms with van der Waals surface area (Å²) in [5.74, 6) is 2.74. The first kappa shape index (κ1) is 45.5. The Kier molecular flexibility index (Phi) is 12.3. The summed E-state index contributed by atoms with van der Waals surface area (Å²) in [5, 5.41) is 2.25. The smallest absolute Gasteiger partial charge is 0.268 e. The molecule has 0 aliphatic rings. The number of hydrogen-bond donors (Lipinski definition) is 0. The van der Waals surface area contributed by atoms with E-state index in [1.54, 1.807) is 0 Å². The van der Waals surface area contributed by atoms with Gasteiger partial charge in [0.1, 0.15) is 5.82 Å². The summed E-state index contributed by atoms with van der Waals surface area (Å²) in [6.07, 6.45) is 5.83. The third-order valence-electron chi connectivity index (χ3n) is 13.4. The largest absolute Gasteiger partial charge is 0.510 e. The van der Waals surface area contributed by atoms with Gasteiger partial charge < -0.3 is 13.9 Å². The van der Waals surface area contributed by atoms with Gasteiger partial charge in [0, 0.05) is 49.8 Å². The van der Waals surface area contributed by atoms with E-state index in [4.69, 9.17) is 9.72 Å². The maximum Gasteiger partial charge on any atom is 0.268 e. The second-order valence-corrected chi connectivity index (χ2v) is 19.1. The normalized spacial score (nSPS) is 12.2. The zero-order valence-electron chi connectivity index (χ0n) is 39.6. The van der Waals surface area contributed by atoms with Crippen LogP contribution in [0.5, 0.6) is 11.5 Å². The fourth-order valence-electron chi connectivity index (χ4n) is 9.50. The van der Waals surface area contributed by atoms with Gasteiger partial charge in [-0.2, -0.15) is 18.2 Å². The van der Waals surface area contributed by atoms with Gasteiger partial charge in [-0.3, -0.25) is 4.57 Å². The summed E-state index contributed by atoms with van der Waals surface area (Å²) in [6, 6.07) is 73.4. The SMILES string of the molecule is CC(C)C(C)c1cc(-n2c3[c-]c(Oc4[c-]c(-n5[c-][n+](-c6c(-c7ccccc7)cccc6-c6ccccc6)c6ccccc65)ccc4)ccc3c3cc(C(C)(C)C)ccc32)ncc1-c1ccccc1.[Pt]. The standard InChI is InChI=1S/C63H52N4O.Pt/c1-42(2)43(3)54-39-61(64-40-56(54)46-24-14-9-15-25-46)67-57-35-32-47(63(4,5)6)36-55(57)53-34-33-50(38-60(53)67)68-49-27-18-26-48(37-49)65-41-66(59-31-17-16-30-58(59)65)62-51(44-20-10-7-11-21-44)28-19-29-52(62)45-22-12-8-13-23-45;/h7-36,39-40,42-43H,1-6H3;/q-2;. The van der Waals surface area contributed by atoms with E-state index in [0.29, 0.717) is 23.3 Å². The second-order valence-electron chi connectivity index (χ2n) is 19.1. The molecule has 0 N–H and O–H groups in total. The topological polar surface area (TPSA) is 35.9 Å². The minimum absolute atomic E-state index is 0. The van der Waals surface area contributed by atoms with Crippen molar-refractivity contribution in [3.05, 3.63) is 224 Å². The minimum Gasteiger partial charge on any atom is -0.510 e. The van der Waals surface area contributed by atoms with Crippen LogP contribution < -0.4 is 9.30 Å². The number of imidazole rings is 1. The molecule has 3 heterocycles. The number of para-hydroxylation sites is 3. The molecular weight excluding hydrogens is 1020 g/mol. The number of rotatable bonds is 10. The fraction of sp³-hybridized carbons (Fsp3) is 0.143. The van der Waals surface area contributed by atoms with Gasteiger partial charge >= 0.3 is 0 Å². The van der Waals surface area contributed by atoms with E-state index in [1.165, 1.54) is 16.7 Å². The number of benzene rings is 8. The Morgan fingerprint density at radius 2 is 1.17 bits per heavy atom. The van der Waals surface area contributed by atoms with Crippen molar-refractivity contribution in [1.82, 2.24) is 14.1 Å². The van der Waals surface area contributed by atoms with Crippen molar-refractivity contribution in [1.29, 1.82) is 0 Å². The number of nitrogens with zero attached hydrogens (tertiary/aromatic N) is 4. The maximum atomic E-state index is 6.76. The molecule has 0 saturated carbocycles. The van der Waals surface area contributed by atoms with Crippen LogP contribution in [0.2, 0.25) is 0 Å². The molecule has 1 atom stereocenters. The summed E-state index contributed by atoms with van der Waals surface area (Å²) in [7, 11) is 0. The number of aromatic nitrogens is 4. The van der Waals surface area contributed by atoms with Crippen molar-refractivity contribution >= 4 is 32.8 Å². The van der Waals surface area contributed by atoms with Crippen LogP contribution in [0.4, 0.5) is 0 Å². The van der Waals surface area contributed by atoms with E-state index in [1.807, 2.05) is 18.2 Å². The van der Waals surface area contributed by atoms with Gasteiger partial charge in [-0.1, -0.05) is 193 Å². The van der Waals surface area contributed by atoms with Crippen LogP contribution in [0.1, 0.15) is 58.6 Å². The quantitative estimate of drug-likeness (QED) is 0.101. The number of hydrogen-bond acceptors (Lipinski definition) is 2. The molecule has 0 bridgehead atoms. The Balaban J connectivity index is 0.00000553. The number of ether oxygens (including phenoxy) is 1. The zero-order valence-corrected chi connectivity index (χ0v) is 41.9. The van der Waals surface area contributed by atoms with Crippen LogP contribution in [-0.4, -0.2) is 14.1 Å². The Bertz CT molecular complexity index is 3570. The molecule has 5 nitrogen and oxygen atoms in total. The van der Waals surface area contributed by atoms with Crippen molar-refractivity contribution in [2.24, 2.45) is 5.92 Å². The van der Waals surface area contributed by atoms with Gasteiger partial charge in [0.2, 0.25) is 0 Å². The molecule has 1 unspecified atom stereocenters. The molecule has 11 aromatic rings. The van der Waals surface area contributed by atoms with E-state index in [0.717, 1.165) is 77.8 Å². The minimum atomic E-state index is -0.0249. The van der Waals surface area contributed by atoms with Crippen LogP contribution >= 0.6 is 0 Å². The van der Waals surface area contributed by atoms with Crippen molar-refractivity contribution in [2.75, 3.05) is 0 Å².